The molecular formula is C10H11ClN6S. The zero-order valence-electron chi connectivity index (χ0n) is 9.30. The number of anilines is 3. The highest BCUT2D eigenvalue weighted by molar-refractivity contribution is 7.98. The van der Waals surface area contributed by atoms with Crippen molar-refractivity contribution < 1.29 is 0 Å². The zero-order chi connectivity index (χ0) is 13.1. The lowest BCUT2D eigenvalue weighted by atomic mass is 10.3. The molecule has 0 unspecified atom stereocenters. The van der Waals surface area contributed by atoms with Crippen LogP contribution in [0.15, 0.2) is 23.1 Å². The average Bonchev–Trinajstić information content (AvgIpc) is 2.29. The second-order valence-electron chi connectivity index (χ2n) is 3.44. The van der Waals surface area contributed by atoms with Crippen molar-refractivity contribution >= 4 is 40.9 Å². The largest absolute Gasteiger partial charge is 0.398 e. The molecule has 0 aliphatic rings. The highest BCUT2D eigenvalue weighted by Gasteiger charge is 2.06. The molecule has 1 aromatic heterocycles. The summed E-state index contributed by atoms with van der Waals surface area (Å²) in [5.74, 6) is 1.21. The molecule has 0 amide bonds. The lowest BCUT2D eigenvalue weighted by Gasteiger charge is -2.05. The van der Waals surface area contributed by atoms with Crippen molar-refractivity contribution in [3.8, 4) is 0 Å². The van der Waals surface area contributed by atoms with Gasteiger partial charge >= 0.3 is 0 Å². The maximum absolute atomic E-state index is 5.90. The van der Waals surface area contributed by atoms with E-state index in [0.717, 1.165) is 4.90 Å². The Morgan fingerprint density at radius 3 is 2.39 bits per heavy atom. The lowest BCUT2D eigenvalue weighted by molar-refractivity contribution is 0.988. The van der Waals surface area contributed by atoms with Gasteiger partial charge in [0.05, 0.1) is 5.75 Å². The molecule has 0 bridgehead atoms. The van der Waals surface area contributed by atoms with Crippen molar-refractivity contribution in [3.63, 3.8) is 0 Å². The van der Waals surface area contributed by atoms with Crippen LogP contribution in [0.4, 0.5) is 17.6 Å². The number of benzene rings is 1. The van der Waals surface area contributed by atoms with Gasteiger partial charge in [-0.1, -0.05) is 11.6 Å². The molecule has 0 saturated heterocycles. The second kappa shape index (κ2) is 5.28. The van der Waals surface area contributed by atoms with Gasteiger partial charge in [-0.05, 0) is 18.2 Å². The van der Waals surface area contributed by atoms with Crippen LogP contribution in [0.3, 0.4) is 0 Å². The summed E-state index contributed by atoms with van der Waals surface area (Å²) in [5.41, 5.74) is 17.5. The molecule has 0 aliphatic carbocycles. The normalized spacial score (nSPS) is 10.5. The number of thioether (sulfide) groups is 1. The van der Waals surface area contributed by atoms with Crippen molar-refractivity contribution in [2.24, 2.45) is 0 Å². The summed E-state index contributed by atoms with van der Waals surface area (Å²) in [6.07, 6.45) is 0. The second-order valence-corrected chi connectivity index (χ2v) is 4.89. The number of halogens is 1. The highest BCUT2D eigenvalue weighted by atomic mass is 35.5. The third-order valence-electron chi connectivity index (χ3n) is 2.05. The Kier molecular flexibility index (Phi) is 3.73. The first-order chi connectivity index (χ1) is 8.54. The fourth-order valence-corrected chi connectivity index (χ4v) is 2.39. The van der Waals surface area contributed by atoms with Gasteiger partial charge in [0, 0.05) is 15.6 Å². The Morgan fingerprint density at radius 1 is 1.06 bits per heavy atom. The van der Waals surface area contributed by atoms with Gasteiger partial charge < -0.3 is 17.2 Å². The van der Waals surface area contributed by atoms with E-state index in [1.165, 1.54) is 11.8 Å². The number of hydrogen-bond acceptors (Lipinski definition) is 7. The number of nitrogen functional groups attached to an aromatic ring is 3. The summed E-state index contributed by atoms with van der Waals surface area (Å²) < 4.78 is 0. The van der Waals surface area contributed by atoms with E-state index >= 15 is 0 Å². The quantitative estimate of drug-likeness (QED) is 0.578. The van der Waals surface area contributed by atoms with Crippen LogP contribution in [-0.2, 0) is 5.75 Å². The molecule has 6 nitrogen and oxygen atoms in total. The third kappa shape index (κ3) is 3.14. The molecule has 1 aromatic carbocycles. The third-order valence-corrected chi connectivity index (χ3v) is 3.35. The molecule has 0 aliphatic heterocycles. The molecule has 6 N–H and O–H groups in total. The van der Waals surface area contributed by atoms with Gasteiger partial charge in [-0.2, -0.15) is 15.0 Å². The number of nitrogens with zero attached hydrogens (tertiary/aromatic N) is 3. The van der Waals surface area contributed by atoms with Crippen LogP contribution >= 0.6 is 23.4 Å². The predicted octanol–water partition coefficient (Wildman–Crippen LogP) is 1.56. The van der Waals surface area contributed by atoms with Crippen LogP contribution in [0.25, 0.3) is 0 Å². The number of hydrogen-bond donors (Lipinski definition) is 3. The summed E-state index contributed by atoms with van der Waals surface area (Å²) in [4.78, 5) is 12.5. The zero-order valence-corrected chi connectivity index (χ0v) is 10.9. The van der Waals surface area contributed by atoms with Gasteiger partial charge in [0.25, 0.3) is 0 Å². The minimum atomic E-state index is 0.108. The van der Waals surface area contributed by atoms with Gasteiger partial charge in [0.2, 0.25) is 11.9 Å². The van der Waals surface area contributed by atoms with Crippen molar-refractivity contribution in [2.45, 2.75) is 10.6 Å². The first-order valence-electron chi connectivity index (χ1n) is 4.98. The monoisotopic (exact) mass is 282 g/mol. The van der Waals surface area contributed by atoms with Gasteiger partial charge in [-0.3, -0.25) is 0 Å². The van der Waals surface area contributed by atoms with Crippen LogP contribution < -0.4 is 17.2 Å². The fourth-order valence-electron chi connectivity index (χ4n) is 1.30. The van der Waals surface area contributed by atoms with Crippen LogP contribution in [0.2, 0.25) is 5.02 Å². The summed E-state index contributed by atoms with van der Waals surface area (Å²) in [7, 11) is 0. The van der Waals surface area contributed by atoms with E-state index in [4.69, 9.17) is 28.8 Å². The van der Waals surface area contributed by atoms with Crippen molar-refractivity contribution in [1.29, 1.82) is 0 Å². The van der Waals surface area contributed by atoms with Crippen molar-refractivity contribution in [3.05, 3.63) is 29.0 Å². The molecule has 0 spiro atoms. The fraction of sp³-hybridized carbons (Fsp3) is 0.100. The molecule has 2 aromatic rings. The maximum atomic E-state index is 5.90. The SMILES string of the molecule is Nc1nc(N)nc(CSc2cc(Cl)ccc2N)n1. The van der Waals surface area contributed by atoms with Gasteiger partial charge in [0.15, 0.2) is 0 Å². The minimum absolute atomic E-state index is 0.108. The predicted molar refractivity (Wildman–Crippen MR) is 74.1 cm³/mol. The van der Waals surface area contributed by atoms with Crippen LogP contribution in [0.1, 0.15) is 5.82 Å². The first kappa shape index (κ1) is 12.7. The highest BCUT2D eigenvalue weighted by Crippen LogP contribution is 2.29. The molecule has 0 saturated carbocycles. The van der Waals surface area contributed by atoms with Crippen molar-refractivity contribution in [1.82, 2.24) is 15.0 Å². The van der Waals surface area contributed by atoms with E-state index in [9.17, 15) is 0 Å². The smallest absolute Gasteiger partial charge is 0.225 e. The topological polar surface area (TPSA) is 117 Å². The molecule has 8 heteroatoms. The van der Waals surface area contributed by atoms with Crippen LogP contribution in [-0.4, -0.2) is 15.0 Å². The van der Waals surface area contributed by atoms with E-state index < -0.39 is 0 Å². The van der Waals surface area contributed by atoms with Gasteiger partial charge in [0.1, 0.15) is 5.82 Å². The maximum Gasteiger partial charge on any atom is 0.225 e. The first-order valence-corrected chi connectivity index (χ1v) is 6.34. The van der Waals surface area contributed by atoms with E-state index in [0.29, 0.717) is 22.3 Å². The van der Waals surface area contributed by atoms with Crippen molar-refractivity contribution in [2.75, 3.05) is 17.2 Å². The standard InChI is InChI=1S/C10H11ClN6S/c11-5-1-2-6(12)7(3-5)18-4-8-15-9(13)17-10(14)16-8/h1-3H,4,12H2,(H4,13,14,15,16,17). The Bertz CT molecular complexity index is 556. The molecule has 0 atom stereocenters. The van der Waals surface area contributed by atoms with E-state index in [1.807, 2.05) is 0 Å². The summed E-state index contributed by atoms with van der Waals surface area (Å²) in [5, 5.41) is 0.626. The number of aromatic nitrogens is 3. The molecular weight excluding hydrogens is 272 g/mol. The Balaban J connectivity index is 2.13. The number of rotatable bonds is 3. The molecule has 18 heavy (non-hydrogen) atoms. The molecule has 2 rings (SSSR count). The average molecular weight is 283 g/mol. The van der Waals surface area contributed by atoms with E-state index in [1.54, 1.807) is 18.2 Å². The Hall–Kier alpha value is -1.73. The Labute approximate surface area is 113 Å². The van der Waals surface area contributed by atoms with Gasteiger partial charge in [-0.25, -0.2) is 0 Å². The van der Waals surface area contributed by atoms with Crippen LogP contribution in [0, 0.1) is 0 Å². The van der Waals surface area contributed by atoms with E-state index in [2.05, 4.69) is 15.0 Å². The number of nitrogens with two attached hydrogens (primary N) is 3. The summed E-state index contributed by atoms with van der Waals surface area (Å²) in [6.45, 7) is 0. The molecule has 0 fully saturated rings. The van der Waals surface area contributed by atoms with Crippen LogP contribution in [0.5, 0.6) is 0 Å². The summed E-state index contributed by atoms with van der Waals surface area (Å²) >= 11 is 7.36. The summed E-state index contributed by atoms with van der Waals surface area (Å²) in [6, 6.07) is 5.27. The molecule has 0 radical (unpaired) electrons. The minimum Gasteiger partial charge on any atom is -0.398 e. The van der Waals surface area contributed by atoms with Gasteiger partial charge in [-0.15, -0.1) is 11.8 Å². The Morgan fingerprint density at radius 2 is 1.72 bits per heavy atom. The molecule has 94 valence electrons. The lowest BCUT2D eigenvalue weighted by Crippen LogP contribution is -2.06. The van der Waals surface area contributed by atoms with E-state index in [-0.39, 0.29) is 11.9 Å². The molecule has 1 heterocycles.